The van der Waals surface area contributed by atoms with Gasteiger partial charge in [-0.25, -0.2) is 0 Å². The third kappa shape index (κ3) is 5.31. The molecule has 1 saturated heterocycles. The summed E-state index contributed by atoms with van der Waals surface area (Å²) in [7, 11) is 0. The standard InChI is InChI=1S/C14H30N2/c1-5-13(4)10-16-8-6-7-15-14(11-16)9-12(2)3/h12-15H,5-11H2,1-4H3. The molecule has 0 aromatic heterocycles. The molecule has 1 heterocycles. The van der Waals surface area contributed by atoms with E-state index in [4.69, 9.17) is 0 Å². The van der Waals surface area contributed by atoms with Crippen LogP contribution in [0.25, 0.3) is 0 Å². The van der Waals surface area contributed by atoms with Crippen LogP contribution in [0.4, 0.5) is 0 Å². The van der Waals surface area contributed by atoms with Crippen molar-refractivity contribution in [3.8, 4) is 0 Å². The minimum atomic E-state index is 0.714. The zero-order valence-electron chi connectivity index (χ0n) is 11.6. The molecule has 0 radical (unpaired) electrons. The molecular formula is C14H30N2. The molecule has 1 N–H and O–H groups in total. The molecule has 2 atom stereocenters. The third-order valence-corrected chi connectivity index (χ3v) is 3.59. The molecule has 0 saturated carbocycles. The Morgan fingerprint density at radius 2 is 2.06 bits per heavy atom. The van der Waals surface area contributed by atoms with Gasteiger partial charge in [0.2, 0.25) is 0 Å². The van der Waals surface area contributed by atoms with Gasteiger partial charge in [0.15, 0.2) is 0 Å². The highest BCUT2D eigenvalue weighted by atomic mass is 15.2. The first-order chi connectivity index (χ1) is 7.61. The zero-order chi connectivity index (χ0) is 12.0. The molecule has 2 unspecified atom stereocenters. The van der Waals surface area contributed by atoms with Crippen molar-refractivity contribution in [3.05, 3.63) is 0 Å². The second-order valence-corrected chi connectivity index (χ2v) is 5.91. The minimum Gasteiger partial charge on any atom is -0.313 e. The van der Waals surface area contributed by atoms with Gasteiger partial charge in [0.1, 0.15) is 0 Å². The van der Waals surface area contributed by atoms with E-state index in [1.165, 1.54) is 45.4 Å². The molecule has 0 spiro atoms. The summed E-state index contributed by atoms with van der Waals surface area (Å²) < 4.78 is 0. The molecule has 1 aliphatic heterocycles. The summed E-state index contributed by atoms with van der Waals surface area (Å²) in [6.07, 6.45) is 3.93. The monoisotopic (exact) mass is 226 g/mol. The molecule has 2 heteroatoms. The van der Waals surface area contributed by atoms with Crippen LogP contribution in [0.15, 0.2) is 0 Å². The van der Waals surface area contributed by atoms with E-state index in [0.717, 1.165) is 11.8 Å². The van der Waals surface area contributed by atoms with Crippen molar-refractivity contribution in [1.82, 2.24) is 10.2 Å². The highest BCUT2D eigenvalue weighted by molar-refractivity contribution is 4.78. The number of nitrogens with zero attached hydrogens (tertiary/aromatic N) is 1. The van der Waals surface area contributed by atoms with Crippen LogP contribution < -0.4 is 5.32 Å². The smallest absolute Gasteiger partial charge is 0.0197 e. The molecule has 1 aliphatic rings. The maximum Gasteiger partial charge on any atom is 0.0197 e. The normalized spacial score (nSPS) is 25.7. The van der Waals surface area contributed by atoms with Crippen LogP contribution in [0, 0.1) is 11.8 Å². The van der Waals surface area contributed by atoms with Crippen LogP contribution in [0.5, 0.6) is 0 Å². The van der Waals surface area contributed by atoms with E-state index >= 15 is 0 Å². The molecule has 0 aliphatic carbocycles. The molecular weight excluding hydrogens is 196 g/mol. The minimum absolute atomic E-state index is 0.714. The summed E-state index contributed by atoms with van der Waals surface area (Å²) in [4.78, 5) is 2.67. The lowest BCUT2D eigenvalue weighted by Crippen LogP contribution is -2.40. The van der Waals surface area contributed by atoms with E-state index in [-0.39, 0.29) is 0 Å². The molecule has 96 valence electrons. The van der Waals surface area contributed by atoms with Crippen molar-refractivity contribution < 1.29 is 0 Å². The molecule has 1 fully saturated rings. The van der Waals surface area contributed by atoms with Crippen molar-refractivity contribution in [3.63, 3.8) is 0 Å². The summed E-state index contributed by atoms with van der Waals surface area (Å²) in [6.45, 7) is 14.3. The number of nitrogens with one attached hydrogen (secondary N) is 1. The van der Waals surface area contributed by atoms with Crippen LogP contribution in [-0.2, 0) is 0 Å². The van der Waals surface area contributed by atoms with Gasteiger partial charge in [-0.15, -0.1) is 0 Å². The van der Waals surface area contributed by atoms with E-state index in [1.54, 1.807) is 0 Å². The summed E-state index contributed by atoms with van der Waals surface area (Å²) in [5, 5.41) is 3.69. The van der Waals surface area contributed by atoms with Crippen LogP contribution in [0.1, 0.15) is 47.0 Å². The Bertz CT molecular complexity index is 180. The average molecular weight is 226 g/mol. The van der Waals surface area contributed by atoms with Crippen molar-refractivity contribution >= 4 is 0 Å². The summed E-state index contributed by atoms with van der Waals surface area (Å²) in [5.74, 6) is 1.65. The summed E-state index contributed by atoms with van der Waals surface area (Å²) in [6, 6.07) is 0.714. The Labute approximate surface area is 102 Å². The molecule has 0 amide bonds. The van der Waals surface area contributed by atoms with Crippen LogP contribution >= 0.6 is 0 Å². The summed E-state index contributed by atoms with van der Waals surface area (Å²) in [5.41, 5.74) is 0. The highest BCUT2D eigenvalue weighted by Gasteiger charge is 2.19. The van der Waals surface area contributed by atoms with E-state index in [0.29, 0.717) is 6.04 Å². The first-order valence-corrected chi connectivity index (χ1v) is 7.07. The largest absolute Gasteiger partial charge is 0.313 e. The predicted octanol–water partition coefficient (Wildman–Crippen LogP) is 2.74. The SMILES string of the molecule is CCC(C)CN1CCCNC(CC(C)C)C1. The number of hydrogen-bond donors (Lipinski definition) is 1. The highest BCUT2D eigenvalue weighted by Crippen LogP contribution is 2.12. The molecule has 16 heavy (non-hydrogen) atoms. The van der Waals surface area contributed by atoms with Crippen molar-refractivity contribution in [2.45, 2.75) is 53.0 Å². The van der Waals surface area contributed by atoms with Crippen LogP contribution in [0.2, 0.25) is 0 Å². The van der Waals surface area contributed by atoms with E-state index in [9.17, 15) is 0 Å². The lowest BCUT2D eigenvalue weighted by molar-refractivity contribution is 0.222. The number of hydrogen-bond acceptors (Lipinski definition) is 2. The van der Waals surface area contributed by atoms with Gasteiger partial charge in [-0.05, 0) is 37.8 Å². The van der Waals surface area contributed by atoms with E-state index in [1.807, 2.05) is 0 Å². The Morgan fingerprint density at radius 3 is 2.69 bits per heavy atom. The van der Waals surface area contributed by atoms with Gasteiger partial charge in [0.25, 0.3) is 0 Å². The van der Waals surface area contributed by atoms with Crippen molar-refractivity contribution in [2.75, 3.05) is 26.2 Å². The van der Waals surface area contributed by atoms with Crippen LogP contribution in [0.3, 0.4) is 0 Å². The van der Waals surface area contributed by atoms with E-state index < -0.39 is 0 Å². The fourth-order valence-corrected chi connectivity index (χ4v) is 2.54. The molecule has 1 rings (SSSR count). The fraction of sp³-hybridized carbons (Fsp3) is 1.00. The first kappa shape index (κ1) is 14.0. The fourth-order valence-electron chi connectivity index (χ4n) is 2.54. The van der Waals surface area contributed by atoms with Crippen molar-refractivity contribution in [1.29, 1.82) is 0 Å². The third-order valence-electron chi connectivity index (χ3n) is 3.59. The van der Waals surface area contributed by atoms with Gasteiger partial charge in [0.05, 0.1) is 0 Å². The molecule has 0 aromatic carbocycles. The zero-order valence-corrected chi connectivity index (χ0v) is 11.6. The van der Waals surface area contributed by atoms with Gasteiger partial charge in [-0.3, -0.25) is 0 Å². The quantitative estimate of drug-likeness (QED) is 0.775. The maximum atomic E-state index is 3.69. The molecule has 2 nitrogen and oxygen atoms in total. The van der Waals surface area contributed by atoms with E-state index in [2.05, 4.69) is 37.9 Å². The summed E-state index contributed by atoms with van der Waals surface area (Å²) >= 11 is 0. The second kappa shape index (κ2) is 7.29. The van der Waals surface area contributed by atoms with Gasteiger partial charge in [-0.2, -0.15) is 0 Å². The topological polar surface area (TPSA) is 15.3 Å². The Balaban J connectivity index is 2.39. The lowest BCUT2D eigenvalue weighted by Gasteiger charge is -2.27. The maximum absolute atomic E-state index is 3.69. The van der Waals surface area contributed by atoms with Crippen molar-refractivity contribution in [2.24, 2.45) is 11.8 Å². The van der Waals surface area contributed by atoms with Gasteiger partial charge >= 0.3 is 0 Å². The van der Waals surface area contributed by atoms with Gasteiger partial charge in [-0.1, -0.05) is 34.1 Å². The first-order valence-electron chi connectivity index (χ1n) is 7.07. The lowest BCUT2D eigenvalue weighted by atomic mass is 10.0. The van der Waals surface area contributed by atoms with Crippen LogP contribution in [-0.4, -0.2) is 37.1 Å². The van der Waals surface area contributed by atoms with Gasteiger partial charge in [0, 0.05) is 19.1 Å². The molecule has 0 aromatic rings. The Morgan fingerprint density at radius 1 is 1.31 bits per heavy atom. The predicted molar refractivity (Wildman–Crippen MR) is 71.8 cm³/mol. The molecule has 0 bridgehead atoms. The second-order valence-electron chi connectivity index (χ2n) is 5.91. The number of rotatable bonds is 5. The van der Waals surface area contributed by atoms with Gasteiger partial charge < -0.3 is 10.2 Å². The Hall–Kier alpha value is -0.0800. The Kier molecular flexibility index (Phi) is 6.37. The average Bonchev–Trinajstić information content (AvgIpc) is 2.42.